The highest BCUT2D eigenvalue weighted by Crippen LogP contribution is 2.35. The van der Waals surface area contributed by atoms with E-state index in [4.69, 9.17) is 4.74 Å². The quantitative estimate of drug-likeness (QED) is 0.620. The highest BCUT2D eigenvalue weighted by atomic mass is 32.1. The van der Waals surface area contributed by atoms with E-state index in [2.05, 4.69) is 20.6 Å². The van der Waals surface area contributed by atoms with Crippen LogP contribution in [0.4, 0.5) is 10.3 Å². The fourth-order valence-corrected chi connectivity index (χ4v) is 4.07. The van der Waals surface area contributed by atoms with Crippen molar-refractivity contribution in [3.05, 3.63) is 40.9 Å². The molecule has 1 aromatic carbocycles. The third-order valence-corrected chi connectivity index (χ3v) is 5.71. The minimum Gasteiger partial charge on any atom is -0.496 e. The number of anilines is 2. The van der Waals surface area contributed by atoms with Crippen LogP contribution in [0.3, 0.4) is 0 Å². The number of nitrogens with zero attached hydrogens (tertiary/aromatic N) is 2. The summed E-state index contributed by atoms with van der Waals surface area (Å²) in [6.45, 7) is 5.51. The molecule has 2 amide bonds. The molecule has 0 aliphatic carbocycles. The summed E-state index contributed by atoms with van der Waals surface area (Å²) in [5.41, 5.74) is 1.91. The number of aromatic nitrogens is 2. The smallest absolute Gasteiger partial charge is 0.261 e. The average Bonchev–Trinajstić information content (AvgIpc) is 3.27. The first-order chi connectivity index (χ1) is 13.4. The van der Waals surface area contributed by atoms with Gasteiger partial charge in [-0.3, -0.25) is 14.9 Å². The van der Waals surface area contributed by atoms with Crippen LogP contribution in [0.1, 0.15) is 29.9 Å². The number of carbonyl (C=O) groups excluding carboxylic acids is 2. The second-order valence-electron chi connectivity index (χ2n) is 6.27. The lowest BCUT2D eigenvalue weighted by Crippen LogP contribution is -2.17. The lowest BCUT2D eigenvalue weighted by Gasteiger charge is -2.06. The Morgan fingerprint density at radius 1 is 1.11 bits per heavy atom. The number of nitrogens with one attached hydrogen (secondary N) is 2. The third kappa shape index (κ3) is 4.37. The van der Waals surface area contributed by atoms with Crippen LogP contribution in [0.15, 0.2) is 29.6 Å². The Morgan fingerprint density at radius 3 is 2.57 bits per heavy atom. The molecule has 0 aliphatic heterocycles. The van der Waals surface area contributed by atoms with Crippen molar-refractivity contribution in [1.82, 2.24) is 9.97 Å². The van der Waals surface area contributed by atoms with E-state index < -0.39 is 0 Å². The number of aryl methyl sites for hydroxylation is 1. The van der Waals surface area contributed by atoms with Crippen LogP contribution in [0, 0.1) is 12.8 Å². The van der Waals surface area contributed by atoms with Gasteiger partial charge in [0, 0.05) is 11.3 Å². The van der Waals surface area contributed by atoms with Crippen molar-refractivity contribution in [2.24, 2.45) is 5.92 Å². The molecule has 0 saturated heterocycles. The number of thiazole rings is 2. The van der Waals surface area contributed by atoms with Crippen molar-refractivity contribution in [3.8, 4) is 16.3 Å². The molecule has 0 aliphatic rings. The Labute approximate surface area is 170 Å². The molecule has 0 fully saturated rings. The monoisotopic (exact) mass is 416 g/mol. The van der Waals surface area contributed by atoms with Crippen molar-refractivity contribution in [1.29, 1.82) is 0 Å². The second kappa shape index (κ2) is 8.49. The lowest BCUT2D eigenvalue weighted by molar-refractivity contribution is -0.118. The molecule has 146 valence electrons. The van der Waals surface area contributed by atoms with E-state index in [-0.39, 0.29) is 17.7 Å². The van der Waals surface area contributed by atoms with Crippen LogP contribution in [-0.2, 0) is 4.79 Å². The molecule has 2 aromatic heterocycles. The van der Waals surface area contributed by atoms with Gasteiger partial charge in [-0.25, -0.2) is 9.97 Å². The van der Waals surface area contributed by atoms with Crippen molar-refractivity contribution < 1.29 is 14.3 Å². The summed E-state index contributed by atoms with van der Waals surface area (Å²) in [7, 11) is 1.52. The number of hydrogen-bond acceptors (Lipinski definition) is 7. The van der Waals surface area contributed by atoms with E-state index >= 15 is 0 Å². The number of methoxy groups -OCH3 is 1. The number of benzene rings is 1. The Kier molecular flexibility index (Phi) is 6.05. The second-order valence-corrected chi connectivity index (χ2v) is 8.13. The largest absolute Gasteiger partial charge is 0.496 e. The van der Waals surface area contributed by atoms with Crippen molar-refractivity contribution in [3.63, 3.8) is 0 Å². The molecule has 0 spiro atoms. The number of rotatable bonds is 6. The van der Waals surface area contributed by atoms with Gasteiger partial charge >= 0.3 is 0 Å². The number of para-hydroxylation sites is 1. The molecule has 9 heteroatoms. The van der Waals surface area contributed by atoms with E-state index in [1.807, 2.05) is 26.2 Å². The van der Waals surface area contributed by atoms with Crippen molar-refractivity contribution >= 4 is 44.8 Å². The minimum absolute atomic E-state index is 0.0771. The molecule has 0 bridgehead atoms. The predicted molar refractivity (Wildman–Crippen MR) is 112 cm³/mol. The van der Waals surface area contributed by atoms with Gasteiger partial charge in [0.2, 0.25) is 5.91 Å². The van der Waals surface area contributed by atoms with Crippen LogP contribution in [0.5, 0.6) is 5.75 Å². The molecular weight excluding hydrogens is 396 g/mol. The van der Waals surface area contributed by atoms with Crippen LogP contribution in [0.25, 0.3) is 10.6 Å². The summed E-state index contributed by atoms with van der Waals surface area (Å²) in [5, 5.41) is 8.49. The minimum atomic E-state index is -0.291. The summed E-state index contributed by atoms with van der Waals surface area (Å²) in [6, 6.07) is 7.01. The summed E-state index contributed by atoms with van der Waals surface area (Å²) in [4.78, 5) is 34.1. The number of hydrogen-bond donors (Lipinski definition) is 2. The normalized spacial score (nSPS) is 10.8. The number of amides is 2. The zero-order valence-corrected chi connectivity index (χ0v) is 17.5. The standard InChI is InChI=1S/C19H20N4O3S2/c1-10(2)16(24)22-18-21-13(9-27-18)15-11(3)20-19(28-15)23-17(25)12-7-5-6-8-14(12)26-4/h5-10H,1-4H3,(H,20,23,25)(H,21,22,24). The zero-order chi connectivity index (χ0) is 20.3. The van der Waals surface area contributed by atoms with Gasteiger partial charge in [-0.15, -0.1) is 11.3 Å². The molecular formula is C19H20N4O3S2. The molecule has 3 aromatic rings. The SMILES string of the molecule is COc1ccccc1C(=O)Nc1nc(C)c(-c2csc(NC(=O)C(C)C)n2)s1. The Balaban J connectivity index is 1.77. The topological polar surface area (TPSA) is 93.2 Å². The van der Waals surface area contributed by atoms with Crippen LogP contribution >= 0.6 is 22.7 Å². The Bertz CT molecular complexity index is 1010. The van der Waals surface area contributed by atoms with Gasteiger partial charge in [-0.2, -0.15) is 0 Å². The molecule has 2 N–H and O–H groups in total. The molecule has 0 radical (unpaired) electrons. The zero-order valence-electron chi connectivity index (χ0n) is 15.9. The van der Waals surface area contributed by atoms with Crippen molar-refractivity contribution in [2.45, 2.75) is 20.8 Å². The summed E-state index contributed by atoms with van der Waals surface area (Å²) >= 11 is 2.69. The highest BCUT2D eigenvalue weighted by molar-refractivity contribution is 7.20. The summed E-state index contributed by atoms with van der Waals surface area (Å²) < 4.78 is 5.23. The van der Waals surface area contributed by atoms with E-state index in [0.717, 1.165) is 16.3 Å². The van der Waals surface area contributed by atoms with Crippen molar-refractivity contribution in [2.75, 3.05) is 17.7 Å². The number of carbonyl (C=O) groups is 2. The van der Waals surface area contributed by atoms with Gasteiger partial charge < -0.3 is 10.1 Å². The fourth-order valence-electron chi connectivity index (χ4n) is 2.37. The highest BCUT2D eigenvalue weighted by Gasteiger charge is 2.18. The van der Waals surface area contributed by atoms with Gasteiger partial charge in [-0.1, -0.05) is 37.3 Å². The molecule has 0 unspecified atom stereocenters. The predicted octanol–water partition coefficient (Wildman–Crippen LogP) is 4.43. The first kappa shape index (κ1) is 20.0. The van der Waals surface area contributed by atoms with Gasteiger partial charge in [0.25, 0.3) is 5.91 Å². The van der Waals surface area contributed by atoms with Gasteiger partial charge in [0.1, 0.15) is 5.75 Å². The Hall–Kier alpha value is -2.78. The maximum atomic E-state index is 12.6. The van der Waals surface area contributed by atoms with E-state index in [9.17, 15) is 9.59 Å². The molecule has 0 atom stereocenters. The molecule has 3 rings (SSSR count). The Morgan fingerprint density at radius 2 is 1.86 bits per heavy atom. The van der Waals surface area contributed by atoms with Gasteiger partial charge in [0.05, 0.1) is 28.9 Å². The summed E-state index contributed by atoms with van der Waals surface area (Å²) in [5.74, 6) is 0.0143. The van der Waals surface area contributed by atoms with E-state index in [0.29, 0.717) is 21.6 Å². The van der Waals surface area contributed by atoms with Gasteiger partial charge in [0.15, 0.2) is 10.3 Å². The molecule has 28 heavy (non-hydrogen) atoms. The lowest BCUT2D eigenvalue weighted by atomic mass is 10.2. The van der Waals surface area contributed by atoms with Crippen LogP contribution in [0.2, 0.25) is 0 Å². The van der Waals surface area contributed by atoms with E-state index in [1.54, 1.807) is 24.3 Å². The maximum Gasteiger partial charge on any atom is 0.261 e. The fraction of sp³-hybridized carbons (Fsp3) is 0.263. The first-order valence-corrected chi connectivity index (χ1v) is 10.3. The first-order valence-electron chi connectivity index (χ1n) is 8.57. The third-order valence-electron chi connectivity index (χ3n) is 3.86. The molecule has 0 saturated carbocycles. The van der Waals surface area contributed by atoms with Gasteiger partial charge in [-0.05, 0) is 19.1 Å². The van der Waals surface area contributed by atoms with Crippen LogP contribution < -0.4 is 15.4 Å². The van der Waals surface area contributed by atoms with Crippen LogP contribution in [-0.4, -0.2) is 28.9 Å². The summed E-state index contributed by atoms with van der Waals surface area (Å²) in [6.07, 6.45) is 0. The maximum absolute atomic E-state index is 12.6. The average molecular weight is 417 g/mol. The number of ether oxygens (including phenoxy) is 1. The van der Waals surface area contributed by atoms with E-state index in [1.165, 1.54) is 29.8 Å². The molecule has 7 nitrogen and oxygen atoms in total. The molecule has 2 heterocycles.